The molecular formula is C20H23F2N3O2. The van der Waals surface area contributed by atoms with Crippen molar-refractivity contribution in [1.29, 1.82) is 0 Å². The fourth-order valence-electron chi connectivity index (χ4n) is 3.66. The standard InChI is InChI=1S/C20H23F2N3O2/c1-14-17(23-13-26-14)11-24-8-5-15(6-9-24)27-19-4-2-3-18-16(19)7-10-25(18)12-20(21)22/h2-4,7,10,13,15,20H,5-6,8-9,11-12H2,1H3. The maximum Gasteiger partial charge on any atom is 0.256 e. The van der Waals surface area contributed by atoms with Crippen LogP contribution in [0.1, 0.15) is 24.3 Å². The fraction of sp³-hybridized carbons (Fsp3) is 0.450. The van der Waals surface area contributed by atoms with Crippen LogP contribution in [0.2, 0.25) is 0 Å². The van der Waals surface area contributed by atoms with Gasteiger partial charge in [-0.3, -0.25) is 4.90 Å². The molecule has 0 N–H and O–H groups in total. The van der Waals surface area contributed by atoms with E-state index in [-0.39, 0.29) is 12.6 Å². The first-order valence-corrected chi connectivity index (χ1v) is 9.24. The lowest BCUT2D eigenvalue weighted by atomic mass is 10.1. The summed E-state index contributed by atoms with van der Waals surface area (Å²) in [4.78, 5) is 6.61. The molecule has 1 saturated heterocycles. The molecule has 4 rings (SSSR count). The number of aromatic nitrogens is 2. The molecule has 0 unspecified atom stereocenters. The number of nitrogens with zero attached hydrogens (tertiary/aromatic N) is 3. The van der Waals surface area contributed by atoms with Crippen molar-refractivity contribution in [3.63, 3.8) is 0 Å². The molecule has 1 aliphatic heterocycles. The van der Waals surface area contributed by atoms with E-state index in [2.05, 4.69) is 9.88 Å². The first-order chi connectivity index (χ1) is 13.1. The highest BCUT2D eigenvalue weighted by molar-refractivity contribution is 5.86. The molecular weight excluding hydrogens is 352 g/mol. The van der Waals surface area contributed by atoms with Gasteiger partial charge in [-0.05, 0) is 38.0 Å². The quantitative estimate of drug-likeness (QED) is 0.646. The van der Waals surface area contributed by atoms with Crippen LogP contribution in [0.15, 0.2) is 41.3 Å². The Morgan fingerprint density at radius 1 is 1.26 bits per heavy atom. The molecule has 3 aromatic rings. The molecule has 5 nitrogen and oxygen atoms in total. The second-order valence-corrected chi connectivity index (χ2v) is 7.00. The van der Waals surface area contributed by atoms with Gasteiger partial charge >= 0.3 is 0 Å². The number of likely N-dealkylation sites (tertiary alicyclic amines) is 1. The molecule has 1 fully saturated rings. The van der Waals surface area contributed by atoms with Crippen molar-refractivity contribution in [2.45, 2.75) is 45.4 Å². The highest BCUT2D eigenvalue weighted by atomic mass is 19.3. The highest BCUT2D eigenvalue weighted by Gasteiger charge is 2.22. The van der Waals surface area contributed by atoms with Crippen molar-refractivity contribution in [1.82, 2.24) is 14.5 Å². The number of piperidine rings is 1. The molecule has 1 aromatic carbocycles. The number of hydrogen-bond acceptors (Lipinski definition) is 4. The number of aryl methyl sites for hydroxylation is 1. The molecule has 0 aliphatic carbocycles. The van der Waals surface area contributed by atoms with E-state index in [0.717, 1.165) is 60.6 Å². The van der Waals surface area contributed by atoms with E-state index in [9.17, 15) is 8.78 Å². The van der Waals surface area contributed by atoms with Crippen LogP contribution >= 0.6 is 0 Å². The van der Waals surface area contributed by atoms with Crippen LogP contribution in [-0.4, -0.2) is 40.1 Å². The summed E-state index contributed by atoms with van der Waals surface area (Å²) in [5.41, 5.74) is 1.77. The van der Waals surface area contributed by atoms with Gasteiger partial charge in [0.15, 0.2) is 6.39 Å². The third-order valence-electron chi connectivity index (χ3n) is 5.15. The Morgan fingerprint density at radius 3 is 2.78 bits per heavy atom. The van der Waals surface area contributed by atoms with E-state index in [1.165, 1.54) is 6.39 Å². The smallest absolute Gasteiger partial charge is 0.256 e. The predicted molar refractivity (Wildman–Crippen MR) is 98.1 cm³/mol. The number of benzene rings is 1. The summed E-state index contributed by atoms with van der Waals surface area (Å²) in [5, 5.41) is 0.888. The number of fused-ring (bicyclic) bond motifs is 1. The second-order valence-electron chi connectivity index (χ2n) is 7.00. The van der Waals surface area contributed by atoms with Crippen molar-refractivity contribution in [3.05, 3.63) is 48.3 Å². The molecule has 3 heterocycles. The Balaban J connectivity index is 1.39. The lowest BCUT2D eigenvalue weighted by molar-refractivity contribution is 0.0971. The van der Waals surface area contributed by atoms with Crippen LogP contribution in [0.4, 0.5) is 8.78 Å². The summed E-state index contributed by atoms with van der Waals surface area (Å²) in [6, 6.07) is 7.49. The summed E-state index contributed by atoms with van der Waals surface area (Å²) >= 11 is 0. The van der Waals surface area contributed by atoms with Crippen molar-refractivity contribution >= 4 is 10.9 Å². The van der Waals surface area contributed by atoms with Gasteiger partial charge in [-0.25, -0.2) is 13.8 Å². The first-order valence-electron chi connectivity index (χ1n) is 9.24. The van der Waals surface area contributed by atoms with Crippen LogP contribution in [0.3, 0.4) is 0 Å². The van der Waals surface area contributed by atoms with Crippen molar-refractivity contribution in [2.75, 3.05) is 13.1 Å². The number of alkyl halides is 2. The normalized spacial score (nSPS) is 16.4. The van der Waals surface area contributed by atoms with Gasteiger partial charge in [-0.15, -0.1) is 0 Å². The minimum Gasteiger partial charge on any atom is -0.490 e. The lowest BCUT2D eigenvalue weighted by Crippen LogP contribution is -2.38. The van der Waals surface area contributed by atoms with E-state index >= 15 is 0 Å². The van der Waals surface area contributed by atoms with Gasteiger partial charge in [0.25, 0.3) is 6.43 Å². The van der Waals surface area contributed by atoms with Gasteiger partial charge in [-0.1, -0.05) is 6.07 Å². The van der Waals surface area contributed by atoms with Gasteiger partial charge in [0.1, 0.15) is 17.6 Å². The molecule has 0 spiro atoms. The predicted octanol–water partition coefficient (Wildman–Crippen LogP) is 4.25. The second kappa shape index (κ2) is 7.68. The average Bonchev–Trinajstić information content (AvgIpc) is 3.24. The Labute approximate surface area is 156 Å². The van der Waals surface area contributed by atoms with Crippen LogP contribution in [0, 0.1) is 6.92 Å². The number of halogens is 2. The molecule has 0 bridgehead atoms. The zero-order valence-corrected chi connectivity index (χ0v) is 15.3. The average molecular weight is 375 g/mol. The summed E-state index contributed by atoms with van der Waals surface area (Å²) < 4.78 is 38.5. The molecule has 1 aliphatic rings. The third-order valence-corrected chi connectivity index (χ3v) is 5.15. The van der Waals surface area contributed by atoms with Crippen LogP contribution < -0.4 is 4.74 Å². The van der Waals surface area contributed by atoms with Gasteiger partial charge in [-0.2, -0.15) is 0 Å². The summed E-state index contributed by atoms with van der Waals surface area (Å²) in [6.45, 7) is 4.28. The Hall–Kier alpha value is -2.41. The van der Waals surface area contributed by atoms with E-state index in [1.807, 2.05) is 31.2 Å². The Morgan fingerprint density at radius 2 is 2.07 bits per heavy atom. The zero-order chi connectivity index (χ0) is 18.8. The molecule has 0 saturated carbocycles. The maximum absolute atomic E-state index is 12.7. The van der Waals surface area contributed by atoms with Crippen LogP contribution in [0.25, 0.3) is 10.9 Å². The molecule has 2 aromatic heterocycles. The monoisotopic (exact) mass is 375 g/mol. The molecule has 0 radical (unpaired) electrons. The largest absolute Gasteiger partial charge is 0.490 e. The zero-order valence-electron chi connectivity index (χ0n) is 15.3. The Kier molecular flexibility index (Phi) is 5.11. The van der Waals surface area contributed by atoms with Crippen molar-refractivity contribution < 1.29 is 17.9 Å². The highest BCUT2D eigenvalue weighted by Crippen LogP contribution is 2.29. The summed E-state index contributed by atoms with van der Waals surface area (Å²) in [6.07, 6.45) is 2.79. The minimum absolute atomic E-state index is 0.128. The van der Waals surface area contributed by atoms with Gasteiger partial charge in [0.05, 0.1) is 17.8 Å². The number of rotatable bonds is 6. The fourth-order valence-corrected chi connectivity index (χ4v) is 3.66. The maximum atomic E-state index is 12.7. The molecule has 27 heavy (non-hydrogen) atoms. The molecule has 0 atom stereocenters. The van der Waals surface area contributed by atoms with E-state index in [0.29, 0.717) is 0 Å². The molecule has 0 amide bonds. The van der Waals surface area contributed by atoms with Gasteiger partial charge in [0.2, 0.25) is 0 Å². The van der Waals surface area contributed by atoms with Crippen LogP contribution in [-0.2, 0) is 13.1 Å². The summed E-state index contributed by atoms with van der Waals surface area (Å²) in [7, 11) is 0. The Bertz CT molecular complexity index is 898. The number of hydrogen-bond donors (Lipinski definition) is 0. The van der Waals surface area contributed by atoms with Gasteiger partial charge < -0.3 is 13.7 Å². The number of ether oxygens (including phenoxy) is 1. The molecule has 144 valence electrons. The van der Waals surface area contributed by atoms with Crippen molar-refractivity contribution in [2.24, 2.45) is 0 Å². The minimum atomic E-state index is -2.37. The van der Waals surface area contributed by atoms with Crippen LogP contribution in [0.5, 0.6) is 5.75 Å². The number of oxazole rings is 1. The lowest BCUT2D eigenvalue weighted by Gasteiger charge is -2.31. The van der Waals surface area contributed by atoms with E-state index in [1.54, 1.807) is 10.8 Å². The molecule has 7 heteroatoms. The topological polar surface area (TPSA) is 43.4 Å². The SMILES string of the molecule is Cc1ocnc1CN1CCC(Oc2cccc3c2ccn3CC(F)F)CC1. The third kappa shape index (κ3) is 3.98. The van der Waals surface area contributed by atoms with Gasteiger partial charge in [0, 0.05) is 31.2 Å². The first kappa shape index (κ1) is 18.0. The van der Waals surface area contributed by atoms with Crippen molar-refractivity contribution in [3.8, 4) is 5.75 Å². The van der Waals surface area contributed by atoms with E-state index < -0.39 is 6.43 Å². The van der Waals surface area contributed by atoms with E-state index in [4.69, 9.17) is 9.15 Å². The summed E-state index contributed by atoms with van der Waals surface area (Å²) in [5.74, 6) is 1.64.